The average molecular weight is 323 g/mol. The van der Waals surface area contributed by atoms with Crippen molar-refractivity contribution in [3.63, 3.8) is 0 Å². The molecule has 1 N–H and O–H groups in total. The Hall–Kier alpha value is -2.82. The van der Waals surface area contributed by atoms with Crippen LogP contribution in [0.25, 0.3) is 10.9 Å². The second kappa shape index (κ2) is 6.74. The van der Waals surface area contributed by atoms with Gasteiger partial charge in [0.25, 0.3) is 0 Å². The molecule has 0 saturated carbocycles. The monoisotopic (exact) mass is 323 g/mol. The Morgan fingerprint density at radius 3 is 2.29 bits per heavy atom. The summed E-state index contributed by atoms with van der Waals surface area (Å²) in [7, 11) is 3.24. The molecule has 0 aliphatic carbocycles. The van der Waals surface area contributed by atoms with Crippen molar-refractivity contribution < 1.29 is 9.47 Å². The molecule has 2 aromatic carbocycles. The summed E-state index contributed by atoms with van der Waals surface area (Å²) in [6.07, 6.45) is 0. The summed E-state index contributed by atoms with van der Waals surface area (Å²) in [6, 6.07) is 14.2. The number of nitrogens with one attached hydrogen (secondary N) is 1. The minimum atomic E-state index is 0.122. The van der Waals surface area contributed by atoms with Crippen LogP contribution < -0.4 is 14.8 Å². The van der Waals surface area contributed by atoms with Gasteiger partial charge in [0, 0.05) is 17.5 Å². The summed E-state index contributed by atoms with van der Waals surface area (Å²) in [5.41, 5.74) is 2.02. The van der Waals surface area contributed by atoms with Crippen LogP contribution in [0.1, 0.15) is 24.4 Å². The van der Waals surface area contributed by atoms with Gasteiger partial charge in [0.2, 0.25) is 0 Å². The predicted octanol–water partition coefficient (Wildman–Crippen LogP) is 4.13. The van der Waals surface area contributed by atoms with Crippen molar-refractivity contribution in [1.29, 1.82) is 0 Å². The first-order valence-electron chi connectivity index (χ1n) is 7.84. The van der Waals surface area contributed by atoms with Crippen LogP contribution in [0.3, 0.4) is 0 Å². The van der Waals surface area contributed by atoms with Gasteiger partial charge in [-0.25, -0.2) is 9.97 Å². The van der Waals surface area contributed by atoms with Gasteiger partial charge in [-0.15, -0.1) is 0 Å². The van der Waals surface area contributed by atoms with Crippen molar-refractivity contribution in [2.24, 2.45) is 0 Å². The molecule has 1 atom stereocenters. The first-order valence-corrected chi connectivity index (χ1v) is 7.84. The van der Waals surface area contributed by atoms with Crippen molar-refractivity contribution in [2.45, 2.75) is 19.9 Å². The zero-order chi connectivity index (χ0) is 17.1. The standard InChI is InChI=1S/C19H21N3O2/c1-12(14-8-6-5-7-9-14)20-19-15-10-17(23-3)18(24-4)11-16(15)21-13(2)22-19/h5-12H,1-4H3,(H,20,21,22). The maximum Gasteiger partial charge on any atom is 0.162 e. The lowest BCUT2D eigenvalue weighted by Gasteiger charge is -2.17. The number of nitrogens with zero attached hydrogens (tertiary/aromatic N) is 2. The highest BCUT2D eigenvalue weighted by Gasteiger charge is 2.14. The molecule has 3 rings (SSSR count). The van der Waals surface area contributed by atoms with E-state index in [-0.39, 0.29) is 6.04 Å². The molecule has 0 saturated heterocycles. The van der Waals surface area contributed by atoms with E-state index in [0.717, 1.165) is 16.7 Å². The summed E-state index contributed by atoms with van der Waals surface area (Å²) >= 11 is 0. The second-order valence-corrected chi connectivity index (χ2v) is 5.62. The normalized spacial score (nSPS) is 12.0. The average Bonchev–Trinajstić information content (AvgIpc) is 2.61. The summed E-state index contributed by atoms with van der Waals surface area (Å²) < 4.78 is 10.8. The quantitative estimate of drug-likeness (QED) is 0.765. The molecule has 5 heteroatoms. The molecule has 3 aromatic rings. The van der Waals surface area contributed by atoms with Crippen molar-refractivity contribution in [3.8, 4) is 11.5 Å². The van der Waals surface area contributed by atoms with Crippen LogP contribution in [0, 0.1) is 6.92 Å². The van der Waals surface area contributed by atoms with Crippen molar-refractivity contribution >= 4 is 16.7 Å². The molecule has 0 amide bonds. The summed E-state index contributed by atoms with van der Waals surface area (Å²) in [5, 5.41) is 4.39. The molecule has 0 spiro atoms. The van der Waals surface area contributed by atoms with E-state index in [0.29, 0.717) is 17.3 Å². The highest BCUT2D eigenvalue weighted by Crippen LogP contribution is 2.34. The Balaban J connectivity index is 2.06. The van der Waals surface area contributed by atoms with Crippen molar-refractivity contribution in [2.75, 3.05) is 19.5 Å². The van der Waals surface area contributed by atoms with Gasteiger partial charge in [-0.3, -0.25) is 0 Å². The maximum atomic E-state index is 5.41. The van der Waals surface area contributed by atoms with Crippen LogP contribution in [0.15, 0.2) is 42.5 Å². The second-order valence-electron chi connectivity index (χ2n) is 5.62. The van der Waals surface area contributed by atoms with Gasteiger partial charge >= 0.3 is 0 Å². The van der Waals surface area contributed by atoms with E-state index in [4.69, 9.17) is 9.47 Å². The number of ether oxygens (including phenoxy) is 2. The first-order chi connectivity index (χ1) is 11.6. The van der Waals surface area contributed by atoms with Gasteiger partial charge in [-0.1, -0.05) is 30.3 Å². The van der Waals surface area contributed by atoms with E-state index in [9.17, 15) is 0 Å². The fourth-order valence-corrected chi connectivity index (χ4v) is 2.71. The number of hydrogen-bond donors (Lipinski definition) is 1. The minimum Gasteiger partial charge on any atom is -0.493 e. The zero-order valence-electron chi connectivity index (χ0n) is 14.3. The SMILES string of the molecule is COc1cc2nc(C)nc(NC(C)c3ccccc3)c2cc1OC. The van der Waals surface area contributed by atoms with Gasteiger partial charge in [0.05, 0.1) is 19.7 Å². The topological polar surface area (TPSA) is 56.3 Å². The highest BCUT2D eigenvalue weighted by atomic mass is 16.5. The van der Waals surface area contributed by atoms with Gasteiger partial charge in [0.15, 0.2) is 11.5 Å². The summed E-state index contributed by atoms with van der Waals surface area (Å²) in [5.74, 6) is 2.81. The summed E-state index contributed by atoms with van der Waals surface area (Å²) in [6.45, 7) is 3.99. The molecule has 24 heavy (non-hydrogen) atoms. The third-order valence-corrected chi connectivity index (χ3v) is 3.97. The Kier molecular flexibility index (Phi) is 4.51. The van der Waals surface area contributed by atoms with Gasteiger partial charge in [-0.05, 0) is 25.5 Å². The number of methoxy groups -OCH3 is 2. The van der Waals surface area contributed by atoms with Crippen LogP contribution in [0.4, 0.5) is 5.82 Å². The number of anilines is 1. The molecule has 1 heterocycles. The fraction of sp³-hybridized carbons (Fsp3) is 0.263. The lowest BCUT2D eigenvalue weighted by molar-refractivity contribution is 0.356. The highest BCUT2D eigenvalue weighted by molar-refractivity contribution is 5.92. The van der Waals surface area contributed by atoms with Crippen LogP contribution in [0.5, 0.6) is 11.5 Å². The molecule has 1 aromatic heterocycles. The lowest BCUT2D eigenvalue weighted by Crippen LogP contribution is -2.09. The molecule has 0 aliphatic heterocycles. The van der Waals surface area contributed by atoms with E-state index >= 15 is 0 Å². The number of rotatable bonds is 5. The van der Waals surface area contributed by atoms with Crippen LogP contribution in [0.2, 0.25) is 0 Å². The van der Waals surface area contributed by atoms with Crippen LogP contribution in [-0.2, 0) is 0 Å². The Bertz CT molecular complexity index is 850. The van der Waals surface area contributed by atoms with Crippen molar-refractivity contribution in [1.82, 2.24) is 9.97 Å². The molecule has 5 nitrogen and oxygen atoms in total. The molecule has 124 valence electrons. The van der Waals surface area contributed by atoms with Crippen LogP contribution in [-0.4, -0.2) is 24.2 Å². The third kappa shape index (κ3) is 3.11. The van der Waals surface area contributed by atoms with Gasteiger partial charge in [-0.2, -0.15) is 0 Å². The van der Waals surface area contributed by atoms with E-state index < -0.39 is 0 Å². The van der Waals surface area contributed by atoms with E-state index in [1.54, 1.807) is 14.2 Å². The minimum absolute atomic E-state index is 0.122. The lowest BCUT2D eigenvalue weighted by atomic mass is 10.1. The zero-order valence-corrected chi connectivity index (χ0v) is 14.3. The number of hydrogen-bond acceptors (Lipinski definition) is 5. The Morgan fingerprint density at radius 2 is 1.62 bits per heavy atom. The third-order valence-electron chi connectivity index (χ3n) is 3.97. The Labute approximate surface area is 141 Å². The maximum absolute atomic E-state index is 5.41. The molecule has 1 unspecified atom stereocenters. The molecular weight excluding hydrogens is 302 g/mol. The molecular formula is C19H21N3O2. The largest absolute Gasteiger partial charge is 0.493 e. The number of aromatic nitrogens is 2. The Morgan fingerprint density at radius 1 is 0.958 bits per heavy atom. The number of aryl methyl sites for hydroxylation is 1. The molecule has 0 bridgehead atoms. The molecule has 0 radical (unpaired) electrons. The number of benzene rings is 2. The van der Waals surface area contributed by atoms with E-state index in [2.05, 4.69) is 34.3 Å². The summed E-state index contributed by atoms with van der Waals surface area (Å²) in [4.78, 5) is 9.09. The van der Waals surface area contributed by atoms with Crippen molar-refractivity contribution in [3.05, 3.63) is 53.9 Å². The fourth-order valence-electron chi connectivity index (χ4n) is 2.71. The smallest absolute Gasteiger partial charge is 0.162 e. The van der Waals surface area contributed by atoms with Gasteiger partial charge < -0.3 is 14.8 Å². The van der Waals surface area contributed by atoms with Crippen LogP contribution >= 0.6 is 0 Å². The number of fused-ring (bicyclic) bond motifs is 1. The predicted molar refractivity (Wildman–Crippen MR) is 95.9 cm³/mol. The van der Waals surface area contributed by atoms with E-state index in [1.807, 2.05) is 37.3 Å². The van der Waals surface area contributed by atoms with Gasteiger partial charge in [0.1, 0.15) is 11.6 Å². The first kappa shape index (κ1) is 16.1. The van der Waals surface area contributed by atoms with E-state index in [1.165, 1.54) is 5.56 Å². The molecule has 0 fully saturated rings. The molecule has 0 aliphatic rings.